The average molecular weight is 333 g/mol. The van der Waals surface area contributed by atoms with Crippen LogP contribution in [0.4, 0.5) is 5.69 Å². The second kappa shape index (κ2) is 5.69. The van der Waals surface area contributed by atoms with E-state index in [-0.39, 0.29) is 23.1 Å². The van der Waals surface area contributed by atoms with Crippen molar-refractivity contribution in [2.75, 3.05) is 0 Å². The van der Waals surface area contributed by atoms with Gasteiger partial charge in [-0.1, -0.05) is 11.6 Å². The van der Waals surface area contributed by atoms with Crippen LogP contribution >= 0.6 is 11.6 Å². The first-order chi connectivity index (χ1) is 10.9. The number of nitro groups is 1. The molecule has 0 aliphatic rings. The number of nitro benzene ring substituents is 1. The molecule has 23 heavy (non-hydrogen) atoms. The molecule has 1 aromatic heterocycles. The number of aromatic nitrogens is 1. The zero-order valence-electron chi connectivity index (χ0n) is 11.8. The smallest absolute Gasteiger partial charge is 0.400 e. The first-order valence-corrected chi connectivity index (χ1v) is 6.85. The van der Waals surface area contributed by atoms with Gasteiger partial charge in [0.05, 0.1) is 10.5 Å². The van der Waals surface area contributed by atoms with Crippen molar-refractivity contribution in [1.29, 1.82) is 0 Å². The summed E-state index contributed by atoms with van der Waals surface area (Å²) in [5.41, 5.74) is 0.667. The Bertz CT molecular complexity index is 935. The van der Waals surface area contributed by atoms with E-state index >= 15 is 0 Å². The van der Waals surface area contributed by atoms with Gasteiger partial charge in [0.2, 0.25) is 0 Å². The summed E-state index contributed by atoms with van der Waals surface area (Å²) in [6, 6.07) is 8.76. The largest absolute Gasteiger partial charge is 0.411 e. The number of ketones is 1. The number of Topliss-reactive ketones (excluding diaryl/α,β-unsaturated/α-hetero) is 1. The van der Waals surface area contributed by atoms with Gasteiger partial charge in [-0.25, -0.2) is 0 Å². The van der Waals surface area contributed by atoms with Gasteiger partial charge in [-0.15, -0.1) is 0 Å². The molecule has 0 aliphatic heterocycles. The highest BCUT2D eigenvalue weighted by molar-refractivity contribution is 6.31. The number of hydrogen-bond acceptors (Lipinski definition) is 6. The molecule has 0 saturated carbocycles. The lowest BCUT2D eigenvalue weighted by atomic mass is 10.1. The van der Waals surface area contributed by atoms with Crippen LogP contribution < -0.4 is 4.74 Å². The minimum absolute atomic E-state index is 0.0494. The fourth-order valence-electron chi connectivity index (χ4n) is 2.04. The van der Waals surface area contributed by atoms with Crippen molar-refractivity contribution >= 4 is 34.2 Å². The Labute approximate surface area is 134 Å². The van der Waals surface area contributed by atoms with E-state index < -0.39 is 10.7 Å². The highest BCUT2D eigenvalue weighted by Crippen LogP contribution is 2.30. The molecular weight excluding hydrogens is 324 g/mol. The first kappa shape index (κ1) is 15.0. The molecule has 3 rings (SSSR count). The van der Waals surface area contributed by atoms with E-state index in [1.165, 1.54) is 25.1 Å². The van der Waals surface area contributed by atoms with Gasteiger partial charge in [0, 0.05) is 11.1 Å². The van der Waals surface area contributed by atoms with Crippen LogP contribution in [-0.4, -0.2) is 15.7 Å². The SMILES string of the molecule is CC(=O)c1cc(Oc2nc3cc(Cl)ccc3o2)ccc1[N+](=O)[O-]. The van der Waals surface area contributed by atoms with E-state index in [0.717, 1.165) is 0 Å². The van der Waals surface area contributed by atoms with Crippen LogP contribution in [0.1, 0.15) is 17.3 Å². The molecule has 0 unspecified atom stereocenters. The summed E-state index contributed by atoms with van der Waals surface area (Å²) in [4.78, 5) is 25.9. The van der Waals surface area contributed by atoms with Crippen molar-refractivity contribution in [2.24, 2.45) is 0 Å². The van der Waals surface area contributed by atoms with Crippen LogP contribution in [0.15, 0.2) is 40.8 Å². The van der Waals surface area contributed by atoms with E-state index in [2.05, 4.69) is 4.98 Å². The van der Waals surface area contributed by atoms with Crippen LogP contribution in [-0.2, 0) is 0 Å². The second-order valence-corrected chi connectivity index (χ2v) is 5.12. The highest BCUT2D eigenvalue weighted by Gasteiger charge is 2.19. The molecule has 0 saturated heterocycles. The van der Waals surface area contributed by atoms with Gasteiger partial charge in [-0.05, 0) is 37.3 Å². The van der Waals surface area contributed by atoms with Gasteiger partial charge in [-0.2, -0.15) is 4.98 Å². The van der Waals surface area contributed by atoms with Gasteiger partial charge in [0.25, 0.3) is 5.69 Å². The van der Waals surface area contributed by atoms with Crippen LogP contribution in [0, 0.1) is 10.1 Å². The van der Waals surface area contributed by atoms with Gasteiger partial charge >= 0.3 is 6.08 Å². The number of oxazole rings is 1. The molecule has 0 N–H and O–H groups in total. The topological polar surface area (TPSA) is 95.5 Å². The normalized spacial score (nSPS) is 10.7. The maximum Gasteiger partial charge on any atom is 0.400 e. The van der Waals surface area contributed by atoms with Crippen molar-refractivity contribution in [1.82, 2.24) is 4.98 Å². The maximum atomic E-state index is 11.5. The number of benzene rings is 2. The Hall–Kier alpha value is -2.93. The monoisotopic (exact) mass is 332 g/mol. The minimum atomic E-state index is -0.623. The predicted octanol–water partition coefficient (Wildman–Crippen LogP) is 4.38. The van der Waals surface area contributed by atoms with Crippen LogP contribution in [0.2, 0.25) is 5.02 Å². The van der Waals surface area contributed by atoms with E-state index in [1.54, 1.807) is 18.2 Å². The molecule has 0 amide bonds. The number of fused-ring (bicyclic) bond motifs is 1. The standard InChI is InChI=1S/C15H9ClN2O5/c1-8(19)11-7-10(3-4-13(11)18(20)21)22-15-17-12-6-9(16)2-5-14(12)23-15/h2-7H,1H3. The molecule has 8 heteroatoms. The molecule has 0 radical (unpaired) electrons. The molecule has 0 spiro atoms. The zero-order chi connectivity index (χ0) is 16.6. The minimum Gasteiger partial charge on any atom is -0.411 e. The predicted molar refractivity (Wildman–Crippen MR) is 82.2 cm³/mol. The Balaban J connectivity index is 1.96. The Morgan fingerprint density at radius 2 is 2.09 bits per heavy atom. The summed E-state index contributed by atoms with van der Waals surface area (Å²) < 4.78 is 10.8. The lowest BCUT2D eigenvalue weighted by Gasteiger charge is -2.03. The molecule has 0 aliphatic carbocycles. The van der Waals surface area contributed by atoms with Crippen molar-refractivity contribution in [2.45, 2.75) is 6.92 Å². The summed E-state index contributed by atoms with van der Waals surface area (Å²) >= 11 is 5.87. The molecule has 116 valence electrons. The van der Waals surface area contributed by atoms with Crippen molar-refractivity contribution in [3.05, 3.63) is 57.1 Å². The molecule has 0 fully saturated rings. The summed E-state index contributed by atoms with van der Waals surface area (Å²) in [6.45, 7) is 1.24. The number of carbonyl (C=O) groups excluding carboxylic acids is 1. The molecule has 3 aromatic rings. The summed E-state index contributed by atoms with van der Waals surface area (Å²) in [6.07, 6.45) is -0.0504. The number of nitrogens with zero attached hydrogens (tertiary/aromatic N) is 2. The van der Waals surface area contributed by atoms with Crippen molar-refractivity contribution in [3.63, 3.8) is 0 Å². The van der Waals surface area contributed by atoms with E-state index in [9.17, 15) is 14.9 Å². The summed E-state index contributed by atoms with van der Waals surface area (Å²) in [5, 5.41) is 11.4. The van der Waals surface area contributed by atoms with Crippen molar-refractivity contribution in [3.8, 4) is 11.8 Å². The molecule has 0 bridgehead atoms. The number of rotatable bonds is 4. The summed E-state index contributed by atoms with van der Waals surface area (Å²) in [5.74, 6) is -0.232. The van der Waals surface area contributed by atoms with E-state index in [1.807, 2.05) is 0 Å². The van der Waals surface area contributed by atoms with E-state index in [0.29, 0.717) is 16.1 Å². The van der Waals surface area contributed by atoms with Crippen LogP contribution in [0.5, 0.6) is 11.8 Å². The molecule has 1 heterocycles. The number of hydrogen-bond donors (Lipinski definition) is 0. The van der Waals surface area contributed by atoms with Gasteiger partial charge in [0.1, 0.15) is 11.3 Å². The number of carbonyl (C=O) groups is 1. The lowest BCUT2D eigenvalue weighted by Crippen LogP contribution is -2.00. The average Bonchev–Trinajstić information content (AvgIpc) is 2.88. The fourth-order valence-corrected chi connectivity index (χ4v) is 2.21. The van der Waals surface area contributed by atoms with Crippen LogP contribution in [0.25, 0.3) is 11.1 Å². The van der Waals surface area contributed by atoms with Gasteiger partial charge < -0.3 is 9.15 Å². The summed E-state index contributed by atoms with van der Waals surface area (Å²) in [7, 11) is 0. The molecular formula is C15H9ClN2O5. The third-order valence-corrected chi connectivity index (χ3v) is 3.31. The second-order valence-electron chi connectivity index (χ2n) is 4.69. The molecule has 2 aromatic carbocycles. The molecule has 0 atom stereocenters. The third kappa shape index (κ3) is 3.00. The number of halogens is 1. The number of ether oxygens (including phenoxy) is 1. The Morgan fingerprint density at radius 1 is 1.30 bits per heavy atom. The zero-order valence-corrected chi connectivity index (χ0v) is 12.5. The lowest BCUT2D eigenvalue weighted by molar-refractivity contribution is -0.385. The van der Waals surface area contributed by atoms with E-state index in [4.69, 9.17) is 20.8 Å². The first-order valence-electron chi connectivity index (χ1n) is 6.47. The highest BCUT2D eigenvalue weighted by atomic mass is 35.5. The Morgan fingerprint density at radius 3 is 2.78 bits per heavy atom. The maximum absolute atomic E-state index is 11.5. The quantitative estimate of drug-likeness (QED) is 0.399. The fraction of sp³-hybridized carbons (Fsp3) is 0.0667. The van der Waals surface area contributed by atoms with Crippen molar-refractivity contribution < 1.29 is 18.9 Å². The van der Waals surface area contributed by atoms with Crippen LogP contribution in [0.3, 0.4) is 0 Å². The van der Waals surface area contributed by atoms with Gasteiger partial charge in [-0.3, -0.25) is 14.9 Å². The Kier molecular flexibility index (Phi) is 3.71. The third-order valence-electron chi connectivity index (χ3n) is 3.08. The molecule has 7 nitrogen and oxygen atoms in total. The van der Waals surface area contributed by atoms with Gasteiger partial charge in [0.15, 0.2) is 11.4 Å².